The Kier molecular flexibility index (Phi) is 5.94. The van der Waals surface area contributed by atoms with Gasteiger partial charge < -0.3 is 14.6 Å². The van der Waals surface area contributed by atoms with E-state index < -0.39 is 33.3 Å². The Morgan fingerprint density at radius 1 is 1.15 bits per heavy atom. The van der Waals surface area contributed by atoms with Crippen LogP contribution in [0.25, 0.3) is 0 Å². The van der Waals surface area contributed by atoms with Gasteiger partial charge in [-0.3, -0.25) is 9.10 Å². The van der Waals surface area contributed by atoms with Gasteiger partial charge >= 0.3 is 5.97 Å². The molecular formula is C16H15ClFNO6S. The second-order valence-corrected chi connectivity index (χ2v) is 7.29. The van der Waals surface area contributed by atoms with E-state index in [1.165, 1.54) is 32.4 Å². The standard InChI is InChI=1S/C16H15ClFNO6S/c1-24-14-5-3-10(7-12(14)17)19(9-16(20)21)26(22,23)11-4-6-15(25-2)13(18)8-11/h3-8H,9H2,1-2H3,(H,20,21). The van der Waals surface area contributed by atoms with Gasteiger partial charge in [0.2, 0.25) is 0 Å². The molecule has 0 aliphatic rings. The van der Waals surface area contributed by atoms with Crippen LogP contribution in [0.4, 0.5) is 10.1 Å². The predicted molar refractivity (Wildman–Crippen MR) is 93.1 cm³/mol. The Morgan fingerprint density at radius 3 is 2.27 bits per heavy atom. The van der Waals surface area contributed by atoms with Crippen molar-refractivity contribution in [3.05, 3.63) is 47.2 Å². The van der Waals surface area contributed by atoms with Crippen LogP contribution in [0.2, 0.25) is 5.02 Å². The molecule has 2 aromatic carbocycles. The van der Waals surface area contributed by atoms with E-state index in [0.717, 1.165) is 18.2 Å². The van der Waals surface area contributed by atoms with Gasteiger partial charge in [-0.15, -0.1) is 0 Å². The summed E-state index contributed by atoms with van der Waals surface area (Å²) in [5.74, 6) is -2.13. The zero-order chi connectivity index (χ0) is 19.5. The van der Waals surface area contributed by atoms with Crippen molar-refractivity contribution in [2.24, 2.45) is 0 Å². The molecule has 140 valence electrons. The third-order valence-corrected chi connectivity index (χ3v) is 5.48. The first-order chi connectivity index (χ1) is 12.2. The molecule has 0 saturated heterocycles. The number of halogens is 2. The molecule has 7 nitrogen and oxygen atoms in total. The van der Waals surface area contributed by atoms with Gasteiger partial charge in [0.05, 0.1) is 29.8 Å². The van der Waals surface area contributed by atoms with Crippen molar-refractivity contribution in [2.45, 2.75) is 4.90 Å². The second-order valence-electron chi connectivity index (χ2n) is 5.02. The molecule has 0 fully saturated rings. The van der Waals surface area contributed by atoms with E-state index in [2.05, 4.69) is 0 Å². The fourth-order valence-corrected chi connectivity index (χ4v) is 3.85. The van der Waals surface area contributed by atoms with Crippen molar-refractivity contribution in [3.63, 3.8) is 0 Å². The minimum absolute atomic E-state index is 0.00516. The quantitative estimate of drug-likeness (QED) is 0.764. The number of sulfonamides is 1. The topological polar surface area (TPSA) is 93.1 Å². The molecule has 2 rings (SSSR count). The number of carbonyl (C=O) groups is 1. The first-order valence-electron chi connectivity index (χ1n) is 7.12. The number of hydrogen-bond acceptors (Lipinski definition) is 5. The normalized spacial score (nSPS) is 11.1. The highest BCUT2D eigenvalue weighted by molar-refractivity contribution is 7.92. The number of nitrogens with zero attached hydrogens (tertiary/aromatic N) is 1. The van der Waals surface area contributed by atoms with Crippen LogP contribution in [0.5, 0.6) is 11.5 Å². The Bertz CT molecular complexity index is 934. The second kappa shape index (κ2) is 7.79. The molecule has 0 amide bonds. The molecule has 0 aliphatic carbocycles. The molecule has 0 atom stereocenters. The van der Waals surface area contributed by atoms with Gasteiger partial charge in [0, 0.05) is 0 Å². The molecule has 0 radical (unpaired) electrons. The van der Waals surface area contributed by atoms with E-state index in [1.807, 2.05) is 0 Å². The summed E-state index contributed by atoms with van der Waals surface area (Å²) in [6.45, 7) is -0.876. The molecule has 10 heteroatoms. The van der Waals surface area contributed by atoms with Crippen molar-refractivity contribution in [1.29, 1.82) is 0 Å². The number of benzene rings is 2. The number of aliphatic carboxylic acids is 1. The van der Waals surface area contributed by atoms with Crippen LogP contribution in [0.3, 0.4) is 0 Å². The third kappa shape index (κ3) is 4.00. The maximum Gasteiger partial charge on any atom is 0.324 e. The van der Waals surface area contributed by atoms with Gasteiger partial charge in [-0.2, -0.15) is 0 Å². The predicted octanol–water partition coefficient (Wildman–Crippen LogP) is 2.78. The number of anilines is 1. The lowest BCUT2D eigenvalue weighted by Gasteiger charge is -2.23. The third-order valence-electron chi connectivity index (χ3n) is 3.41. The van der Waals surface area contributed by atoms with Crippen LogP contribution in [0.1, 0.15) is 0 Å². The van der Waals surface area contributed by atoms with Crippen LogP contribution >= 0.6 is 11.6 Å². The largest absolute Gasteiger partial charge is 0.495 e. The summed E-state index contributed by atoms with van der Waals surface area (Å²) >= 11 is 6.00. The number of methoxy groups -OCH3 is 2. The van der Waals surface area contributed by atoms with E-state index in [9.17, 15) is 17.6 Å². The minimum Gasteiger partial charge on any atom is -0.495 e. The number of ether oxygens (including phenoxy) is 2. The summed E-state index contributed by atoms with van der Waals surface area (Å²) in [6.07, 6.45) is 0. The molecule has 0 bridgehead atoms. The minimum atomic E-state index is -4.38. The fourth-order valence-electron chi connectivity index (χ4n) is 2.18. The lowest BCUT2D eigenvalue weighted by Crippen LogP contribution is -2.35. The lowest BCUT2D eigenvalue weighted by atomic mass is 10.3. The van der Waals surface area contributed by atoms with Crippen molar-refractivity contribution in [2.75, 3.05) is 25.1 Å². The maximum absolute atomic E-state index is 13.9. The van der Waals surface area contributed by atoms with Gasteiger partial charge in [0.1, 0.15) is 12.3 Å². The van der Waals surface area contributed by atoms with Crippen LogP contribution < -0.4 is 13.8 Å². The summed E-state index contributed by atoms with van der Waals surface area (Å²) in [7, 11) is -1.76. The smallest absolute Gasteiger partial charge is 0.324 e. The van der Waals surface area contributed by atoms with Crippen molar-refractivity contribution < 1.29 is 32.2 Å². The van der Waals surface area contributed by atoms with E-state index in [0.29, 0.717) is 10.1 Å². The number of carboxylic acid groups (broad SMARTS) is 1. The van der Waals surface area contributed by atoms with Crippen LogP contribution in [-0.4, -0.2) is 40.3 Å². The molecule has 0 aromatic heterocycles. The summed E-state index contributed by atoms with van der Waals surface area (Å²) in [6, 6.07) is 7.01. The molecule has 26 heavy (non-hydrogen) atoms. The Labute approximate surface area is 154 Å². The highest BCUT2D eigenvalue weighted by atomic mass is 35.5. The van der Waals surface area contributed by atoms with Gasteiger partial charge in [-0.1, -0.05) is 11.6 Å². The van der Waals surface area contributed by atoms with Crippen LogP contribution in [0.15, 0.2) is 41.3 Å². The molecule has 0 heterocycles. The highest BCUT2D eigenvalue weighted by Crippen LogP contribution is 2.32. The first-order valence-corrected chi connectivity index (χ1v) is 8.94. The van der Waals surface area contributed by atoms with Crippen molar-refractivity contribution in [3.8, 4) is 11.5 Å². The molecule has 2 aromatic rings. The Hall–Kier alpha value is -2.52. The molecule has 0 saturated carbocycles. The molecule has 0 unspecified atom stereocenters. The van der Waals surface area contributed by atoms with Gasteiger partial charge in [-0.25, -0.2) is 12.8 Å². The SMILES string of the molecule is COc1ccc(S(=O)(=O)N(CC(=O)O)c2ccc(OC)c(Cl)c2)cc1F. The maximum atomic E-state index is 13.9. The van der Waals surface area contributed by atoms with E-state index >= 15 is 0 Å². The summed E-state index contributed by atoms with van der Waals surface area (Å²) < 4.78 is 50.0. The molecule has 0 spiro atoms. The zero-order valence-corrected chi connectivity index (χ0v) is 15.3. The highest BCUT2D eigenvalue weighted by Gasteiger charge is 2.28. The molecule has 0 aliphatic heterocycles. The van der Waals surface area contributed by atoms with E-state index in [4.69, 9.17) is 26.2 Å². The average molecular weight is 404 g/mol. The van der Waals surface area contributed by atoms with Crippen LogP contribution in [0, 0.1) is 5.82 Å². The summed E-state index contributed by atoms with van der Waals surface area (Å²) in [5.41, 5.74) is -0.00516. The van der Waals surface area contributed by atoms with Gasteiger partial charge in [-0.05, 0) is 36.4 Å². The Morgan fingerprint density at radius 2 is 1.77 bits per heavy atom. The van der Waals surface area contributed by atoms with E-state index in [-0.39, 0.29) is 16.5 Å². The average Bonchev–Trinajstić information content (AvgIpc) is 2.59. The Balaban J connectivity index is 2.56. The summed E-state index contributed by atoms with van der Waals surface area (Å²) in [5, 5.41) is 9.20. The van der Waals surface area contributed by atoms with Crippen molar-refractivity contribution >= 4 is 33.3 Å². The first kappa shape index (κ1) is 19.8. The summed E-state index contributed by atoms with van der Waals surface area (Å²) in [4.78, 5) is 10.8. The van der Waals surface area contributed by atoms with Crippen LogP contribution in [-0.2, 0) is 14.8 Å². The van der Waals surface area contributed by atoms with E-state index in [1.54, 1.807) is 0 Å². The van der Waals surface area contributed by atoms with Crippen molar-refractivity contribution in [1.82, 2.24) is 0 Å². The number of hydrogen-bond donors (Lipinski definition) is 1. The fraction of sp³-hybridized carbons (Fsp3) is 0.188. The molecule has 1 N–H and O–H groups in total. The monoisotopic (exact) mass is 403 g/mol. The number of carboxylic acids is 1. The van der Waals surface area contributed by atoms with Gasteiger partial charge in [0.25, 0.3) is 10.0 Å². The lowest BCUT2D eigenvalue weighted by molar-refractivity contribution is -0.135. The molecular weight excluding hydrogens is 389 g/mol. The zero-order valence-electron chi connectivity index (χ0n) is 13.8. The van der Waals surface area contributed by atoms with Gasteiger partial charge in [0.15, 0.2) is 11.6 Å². The number of rotatable bonds is 7.